The van der Waals surface area contributed by atoms with Crippen LogP contribution >= 0.6 is 0 Å². The van der Waals surface area contributed by atoms with Gasteiger partial charge in [0.15, 0.2) is 5.82 Å². The smallest absolute Gasteiger partial charge is 0.269 e. The summed E-state index contributed by atoms with van der Waals surface area (Å²) in [7, 11) is 1.46. The van der Waals surface area contributed by atoms with Gasteiger partial charge in [-0.1, -0.05) is 48.5 Å². The number of aliphatic hydroxyl groups is 1. The maximum absolute atomic E-state index is 13.5. The zero-order valence-corrected chi connectivity index (χ0v) is 18.1. The van der Waals surface area contributed by atoms with Gasteiger partial charge in [-0.25, -0.2) is 9.97 Å². The Morgan fingerprint density at radius 1 is 1.06 bits per heavy atom. The third-order valence-corrected chi connectivity index (χ3v) is 5.51. The van der Waals surface area contributed by atoms with Crippen molar-refractivity contribution in [2.75, 3.05) is 12.4 Å². The molecule has 0 unspecified atom stereocenters. The highest BCUT2D eigenvalue weighted by atomic mass is 16.5. The average Bonchev–Trinajstić information content (AvgIpc) is 3.44. The zero-order chi connectivity index (χ0) is 23.5. The molecule has 0 aliphatic rings. The van der Waals surface area contributed by atoms with Crippen LogP contribution in [0.2, 0.25) is 0 Å². The fourth-order valence-electron chi connectivity index (χ4n) is 3.82. The second-order valence-electron chi connectivity index (χ2n) is 7.52. The zero-order valence-electron chi connectivity index (χ0n) is 18.1. The number of fused-ring (bicyclic) bond motifs is 1. The van der Waals surface area contributed by atoms with Crippen LogP contribution in [-0.2, 0) is 10.4 Å². The lowest BCUT2D eigenvalue weighted by Crippen LogP contribution is -2.42. The molecule has 3 heterocycles. The molecular weight excluding hydrogens is 432 g/mol. The molecule has 5 rings (SSSR count). The van der Waals surface area contributed by atoms with Crippen molar-refractivity contribution in [2.45, 2.75) is 5.60 Å². The minimum absolute atomic E-state index is 0.0867. The number of carbonyl (C=O) groups is 1. The number of nitrogens with zero attached hydrogens (tertiary/aromatic N) is 4. The van der Waals surface area contributed by atoms with Crippen LogP contribution in [0.4, 0.5) is 5.69 Å². The van der Waals surface area contributed by atoms with E-state index in [1.54, 1.807) is 55.0 Å². The molecule has 2 aromatic carbocycles. The van der Waals surface area contributed by atoms with Gasteiger partial charge in [0.05, 0.1) is 18.8 Å². The summed E-state index contributed by atoms with van der Waals surface area (Å²) in [6, 6.07) is 17.9. The van der Waals surface area contributed by atoms with Crippen LogP contribution in [0, 0.1) is 0 Å². The van der Waals surface area contributed by atoms with Crippen LogP contribution in [0.15, 0.2) is 85.5 Å². The number of aromatic nitrogens is 5. The minimum Gasteiger partial charge on any atom is -0.480 e. The summed E-state index contributed by atoms with van der Waals surface area (Å²) < 4.78 is 5.37. The predicted molar refractivity (Wildman–Crippen MR) is 126 cm³/mol. The Kier molecular flexibility index (Phi) is 5.44. The van der Waals surface area contributed by atoms with Crippen molar-refractivity contribution in [2.24, 2.45) is 0 Å². The van der Waals surface area contributed by atoms with Crippen LogP contribution in [0.3, 0.4) is 0 Å². The van der Waals surface area contributed by atoms with Crippen LogP contribution in [0.1, 0.15) is 11.4 Å². The number of rotatable bonds is 6. The van der Waals surface area contributed by atoms with E-state index in [0.29, 0.717) is 11.1 Å². The first-order chi connectivity index (χ1) is 16.6. The van der Waals surface area contributed by atoms with Gasteiger partial charge >= 0.3 is 0 Å². The predicted octanol–water partition coefficient (Wildman–Crippen LogP) is 3.30. The summed E-state index contributed by atoms with van der Waals surface area (Å²) in [5.41, 5.74) is 0.792. The number of methoxy groups -OCH3 is 1. The number of hydrogen-bond acceptors (Lipinski definition) is 7. The lowest BCUT2D eigenvalue weighted by Gasteiger charge is -2.26. The fourth-order valence-corrected chi connectivity index (χ4v) is 3.82. The van der Waals surface area contributed by atoms with Crippen LogP contribution < -0.4 is 10.1 Å². The average molecular weight is 452 g/mol. The Labute approximate surface area is 194 Å². The number of aromatic amines is 1. The van der Waals surface area contributed by atoms with Gasteiger partial charge in [0.1, 0.15) is 5.69 Å². The first-order valence-electron chi connectivity index (χ1n) is 10.5. The molecule has 0 aliphatic carbocycles. The maximum Gasteiger partial charge on any atom is 0.269 e. The molecule has 0 radical (unpaired) electrons. The van der Waals surface area contributed by atoms with Gasteiger partial charge in [0, 0.05) is 40.7 Å². The van der Waals surface area contributed by atoms with Crippen molar-refractivity contribution in [3.63, 3.8) is 0 Å². The highest BCUT2D eigenvalue weighted by Gasteiger charge is 2.43. The number of imidazole rings is 1. The first-order valence-corrected chi connectivity index (χ1v) is 10.5. The second-order valence-corrected chi connectivity index (χ2v) is 7.52. The van der Waals surface area contributed by atoms with Crippen molar-refractivity contribution in [1.29, 1.82) is 0 Å². The Bertz CT molecular complexity index is 1450. The molecule has 34 heavy (non-hydrogen) atoms. The Morgan fingerprint density at radius 2 is 1.85 bits per heavy atom. The van der Waals surface area contributed by atoms with E-state index in [1.807, 2.05) is 24.3 Å². The molecule has 1 amide bonds. The van der Waals surface area contributed by atoms with E-state index in [4.69, 9.17) is 4.74 Å². The molecule has 0 spiro atoms. The molecule has 0 aliphatic heterocycles. The molecule has 3 N–H and O–H groups in total. The number of ether oxygens (including phenoxy) is 1. The molecule has 0 fully saturated rings. The second kappa shape index (κ2) is 8.72. The number of benzene rings is 2. The van der Waals surface area contributed by atoms with Crippen molar-refractivity contribution in [1.82, 2.24) is 25.1 Å². The number of pyridine rings is 1. The van der Waals surface area contributed by atoms with E-state index in [2.05, 4.69) is 30.5 Å². The van der Waals surface area contributed by atoms with Gasteiger partial charge in [-0.15, -0.1) is 0 Å². The molecule has 0 saturated heterocycles. The maximum atomic E-state index is 13.5. The van der Waals surface area contributed by atoms with Gasteiger partial charge < -0.3 is 20.1 Å². The van der Waals surface area contributed by atoms with E-state index < -0.39 is 11.5 Å². The van der Waals surface area contributed by atoms with Crippen LogP contribution in [0.5, 0.6) is 5.88 Å². The van der Waals surface area contributed by atoms with E-state index in [0.717, 1.165) is 16.5 Å². The number of nitrogens with one attached hydrogen (secondary N) is 2. The molecule has 1 atom stereocenters. The van der Waals surface area contributed by atoms with E-state index in [1.165, 1.54) is 13.3 Å². The van der Waals surface area contributed by atoms with Gasteiger partial charge in [-0.2, -0.15) is 10.2 Å². The summed E-state index contributed by atoms with van der Waals surface area (Å²) in [5.74, 6) is -0.439. The van der Waals surface area contributed by atoms with Crippen molar-refractivity contribution in [3.05, 3.63) is 96.8 Å². The lowest BCUT2D eigenvalue weighted by molar-refractivity contribution is -0.131. The minimum atomic E-state index is -2.07. The van der Waals surface area contributed by atoms with Gasteiger partial charge in [0.2, 0.25) is 11.5 Å². The molecule has 0 bridgehead atoms. The van der Waals surface area contributed by atoms with Crippen molar-refractivity contribution < 1.29 is 14.6 Å². The number of carbonyl (C=O) groups excluding carboxylic acids is 1. The van der Waals surface area contributed by atoms with E-state index >= 15 is 0 Å². The summed E-state index contributed by atoms with van der Waals surface area (Å²) in [4.78, 5) is 24.9. The molecule has 9 nitrogen and oxygen atoms in total. The molecule has 0 saturated carbocycles. The highest BCUT2D eigenvalue weighted by Crippen LogP contribution is 2.34. The van der Waals surface area contributed by atoms with Gasteiger partial charge in [-0.05, 0) is 12.1 Å². The van der Waals surface area contributed by atoms with Gasteiger partial charge in [0.25, 0.3) is 5.91 Å². The Morgan fingerprint density at radius 3 is 2.62 bits per heavy atom. The molecule has 3 aromatic heterocycles. The Balaban J connectivity index is 1.58. The number of hydrogen-bond donors (Lipinski definition) is 3. The summed E-state index contributed by atoms with van der Waals surface area (Å²) >= 11 is 0. The molecule has 9 heteroatoms. The van der Waals surface area contributed by atoms with Crippen molar-refractivity contribution in [3.8, 4) is 17.0 Å². The Hall–Kier alpha value is -4.63. The SMILES string of the molecule is COc1ncc(-c2cnnc3ccccc23)cc1NC(=O)[C@](O)(c1ccccc1)c1ncc[nH]1. The summed E-state index contributed by atoms with van der Waals surface area (Å²) in [5, 5.41) is 23.5. The topological polar surface area (TPSA) is 126 Å². The first kappa shape index (κ1) is 21.2. The quantitative estimate of drug-likeness (QED) is 0.361. The molecule has 168 valence electrons. The van der Waals surface area contributed by atoms with Crippen molar-refractivity contribution >= 4 is 22.5 Å². The third kappa shape index (κ3) is 3.63. The number of anilines is 1. The molecular formula is C25H20N6O3. The number of H-pyrrole nitrogens is 1. The van der Waals surface area contributed by atoms with E-state index in [-0.39, 0.29) is 17.4 Å². The highest BCUT2D eigenvalue weighted by molar-refractivity contribution is 6.01. The summed E-state index contributed by atoms with van der Waals surface area (Å²) in [6.07, 6.45) is 6.29. The van der Waals surface area contributed by atoms with Gasteiger partial charge in [-0.3, -0.25) is 4.79 Å². The normalized spacial score (nSPS) is 12.8. The third-order valence-electron chi connectivity index (χ3n) is 5.51. The van der Waals surface area contributed by atoms with E-state index in [9.17, 15) is 9.90 Å². The monoisotopic (exact) mass is 452 g/mol. The molecule has 5 aromatic rings. The number of amides is 1. The lowest BCUT2D eigenvalue weighted by atomic mass is 9.91. The largest absolute Gasteiger partial charge is 0.480 e. The summed E-state index contributed by atoms with van der Waals surface area (Å²) in [6.45, 7) is 0. The van der Waals surface area contributed by atoms with Crippen LogP contribution in [0.25, 0.3) is 22.0 Å². The standard InChI is InChI=1S/C25H20N6O3/c1-34-22-21(13-16(14-28-22)19-15-29-31-20-10-6-5-9-18(19)20)30-24(32)25(33,23-26-11-12-27-23)17-7-3-2-4-8-17/h2-15,33H,1H3,(H,26,27)(H,30,32)/t25-/m0/s1. The van der Waals surface area contributed by atoms with Crippen LogP contribution in [-0.4, -0.2) is 43.3 Å². The fraction of sp³-hybridized carbons (Fsp3) is 0.0800.